The van der Waals surface area contributed by atoms with Crippen LogP contribution >= 0.6 is 24.0 Å². The van der Waals surface area contributed by atoms with Crippen molar-refractivity contribution in [3.8, 4) is 0 Å². The van der Waals surface area contributed by atoms with Gasteiger partial charge in [-0.15, -0.1) is 24.0 Å². The molecule has 0 radical (unpaired) electrons. The Hall–Kier alpha value is -1.02. The predicted octanol–water partition coefficient (Wildman–Crippen LogP) is 3.95. The van der Waals surface area contributed by atoms with Gasteiger partial charge in [0.1, 0.15) is 0 Å². The van der Waals surface area contributed by atoms with E-state index < -0.39 is 0 Å². The van der Waals surface area contributed by atoms with Crippen molar-refractivity contribution in [2.75, 3.05) is 44.8 Å². The summed E-state index contributed by atoms with van der Waals surface area (Å²) in [5.41, 5.74) is 2.61. The van der Waals surface area contributed by atoms with Crippen LogP contribution in [0.3, 0.4) is 0 Å². The molecule has 2 N–H and O–H groups in total. The highest BCUT2D eigenvalue weighted by Crippen LogP contribution is 2.23. The largest absolute Gasteiger partial charge is 0.380 e. The maximum atomic E-state index is 5.58. The van der Waals surface area contributed by atoms with Gasteiger partial charge in [-0.3, -0.25) is 4.99 Å². The number of ether oxygens (including phenoxy) is 1. The van der Waals surface area contributed by atoms with Crippen LogP contribution in [0.2, 0.25) is 0 Å². The molecule has 148 valence electrons. The second-order valence-electron chi connectivity index (χ2n) is 6.62. The Balaban J connectivity index is 0.00000338. The first-order chi connectivity index (χ1) is 12.2. The van der Waals surface area contributed by atoms with Gasteiger partial charge < -0.3 is 20.3 Å². The third kappa shape index (κ3) is 7.70. The molecule has 5 nitrogen and oxygen atoms in total. The van der Waals surface area contributed by atoms with E-state index in [1.807, 2.05) is 0 Å². The lowest BCUT2D eigenvalue weighted by molar-refractivity contribution is 0.136. The number of hydrogen-bond acceptors (Lipinski definition) is 3. The average Bonchev–Trinajstić information content (AvgIpc) is 3.18. The topological polar surface area (TPSA) is 48.9 Å². The maximum absolute atomic E-state index is 5.58. The van der Waals surface area contributed by atoms with Crippen molar-refractivity contribution >= 4 is 35.6 Å². The maximum Gasteiger partial charge on any atom is 0.191 e. The van der Waals surface area contributed by atoms with Crippen LogP contribution in [0.25, 0.3) is 0 Å². The first kappa shape index (κ1) is 23.0. The van der Waals surface area contributed by atoms with Crippen molar-refractivity contribution in [3.63, 3.8) is 0 Å². The van der Waals surface area contributed by atoms with E-state index in [0.717, 1.165) is 25.5 Å². The first-order valence-electron chi connectivity index (χ1n) is 9.64. The number of benzene rings is 1. The van der Waals surface area contributed by atoms with E-state index in [-0.39, 0.29) is 30.0 Å². The van der Waals surface area contributed by atoms with Gasteiger partial charge >= 0.3 is 0 Å². The number of unbranched alkanes of at least 4 members (excludes halogenated alkanes) is 1. The third-order valence-electron chi connectivity index (χ3n) is 4.60. The van der Waals surface area contributed by atoms with Crippen LogP contribution in [-0.4, -0.2) is 45.9 Å². The lowest BCUT2D eigenvalue weighted by Gasteiger charge is -2.22. The summed E-state index contributed by atoms with van der Waals surface area (Å²) >= 11 is 0. The number of guanidine groups is 1. The SMILES string of the molecule is CCCCOCCNC(=NC)NC(C)c1cccc(N2CCCC2)c1.I. The molecule has 26 heavy (non-hydrogen) atoms. The van der Waals surface area contributed by atoms with Gasteiger partial charge in [-0.2, -0.15) is 0 Å². The van der Waals surface area contributed by atoms with Gasteiger partial charge in [0.2, 0.25) is 0 Å². The molecule has 2 rings (SSSR count). The zero-order chi connectivity index (χ0) is 17.9. The Bertz CT molecular complexity index is 532. The molecular formula is C20H35IN4O. The Morgan fingerprint density at radius 3 is 2.73 bits per heavy atom. The summed E-state index contributed by atoms with van der Waals surface area (Å²) in [6, 6.07) is 9.04. The fourth-order valence-electron chi connectivity index (χ4n) is 3.04. The summed E-state index contributed by atoms with van der Waals surface area (Å²) in [6.07, 6.45) is 4.89. The Morgan fingerprint density at radius 2 is 2.04 bits per heavy atom. The zero-order valence-corrected chi connectivity index (χ0v) is 18.8. The number of anilines is 1. The molecule has 0 aromatic heterocycles. The molecule has 1 unspecified atom stereocenters. The fourth-order valence-corrected chi connectivity index (χ4v) is 3.04. The van der Waals surface area contributed by atoms with Crippen molar-refractivity contribution in [2.24, 2.45) is 4.99 Å². The standard InChI is InChI=1S/C20H34N4O.HI/c1-4-5-14-25-15-11-22-20(21-3)23-17(2)18-9-8-10-19(16-18)24-12-6-7-13-24;/h8-10,16-17H,4-7,11-15H2,1-3H3,(H2,21,22,23);1H. The van der Waals surface area contributed by atoms with Crippen LogP contribution < -0.4 is 15.5 Å². The molecule has 6 heteroatoms. The smallest absolute Gasteiger partial charge is 0.191 e. The molecule has 1 fully saturated rings. The van der Waals surface area contributed by atoms with Crippen LogP contribution in [0.5, 0.6) is 0 Å². The van der Waals surface area contributed by atoms with E-state index in [2.05, 4.69) is 58.6 Å². The molecule has 0 spiro atoms. The summed E-state index contributed by atoms with van der Waals surface area (Å²) < 4.78 is 5.58. The molecule has 0 bridgehead atoms. The third-order valence-corrected chi connectivity index (χ3v) is 4.60. The number of halogens is 1. The Morgan fingerprint density at radius 1 is 1.27 bits per heavy atom. The molecule has 0 aliphatic carbocycles. The van der Waals surface area contributed by atoms with Crippen molar-refractivity contribution in [3.05, 3.63) is 29.8 Å². The monoisotopic (exact) mass is 474 g/mol. The average molecular weight is 474 g/mol. The molecule has 1 aromatic rings. The predicted molar refractivity (Wildman–Crippen MR) is 122 cm³/mol. The van der Waals surface area contributed by atoms with Crippen LogP contribution in [0, 0.1) is 0 Å². The number of nitrogens with one attached hydrogen (secondary N) is 2. The van der Waals surface area contributed by atoms with E-state index in [0.29, 0.717) is 6.61 Å². The minimum atomic E-state index is 0. The van der Waals surface area contributed by atoms with Gasteiger partial charge in [0, 0.05) is 39.0 Å². The van der Waals surface area contributed by atoms with Crippen LogP contribution in [-0.2, 0) is 4.74 Å². The van der Waals surface area contributed by atoms with E-state index >= 15 is 0 Å². The van der Waals surface area contributed by atoms with Gasteiger partial charge in [0.25, 0.3) is 0 Å². The highest BCUT2D eigenvalue weighted by atomic mass is 127. The molecular weight excluding hydrogens is 439 g/mol. The summed E-state index contributed by atoms with van der Waals surface area (Å²) in [6.45, 7) is 9.01. The van der Waals surface area contributed by atoms with Crippen molar-refractivity contribution in [1.29, 1.82) is 0 Å². The lowest BCUT2D eigenvalue weighted by atomic mass is 10.1. The quantitative estimate of drug-likeness (QED) is 0.246. The number of nitrogens with zero attached hydrogens (tertiary/aromatic N) is 2. The highest BCUT2D eigenvalue weighted by molar-refractivity contribution is 14.0. The molecule has 0 amide bonds. The normalized spacial score (nSPS) is 15.5. The first-order valence-corrected chi connectivity index (χ1v) is 9.64. The van der Waals surface area contributed by atoms with E-state index in [1.54, 1.807) is 7.05 Å². The Labute approximate surface area is 176 Å². The molecule has 1 aliphatic rings. The van der Waals surface area contributed by atoms with Crippen molar-refractivity contribution < 1.29 is 4.74 Å². The number of hydrogen-bond donors (Lipinski definition) is 2. The highest BCUT2D eigenvalue weighted by Gasteiger charge is 2.14. The molecule has 1 aliphatic heterocycles. The zero-order valence-electron chi connectivity index (χ0n) is 16.5. The summed E-state index contributed by atoms with van der Waals surface area (Å²) in [5.74, 6) is 0.818. The minimum absolute atomic E-state index is 0. The minimum Gasteiger partial charge on any atom is -0.380 e. The van der Waals surface area contributed by atoms with Crippen molar-refractivity contribution in [2.45, 2.75) is 45.6 Å². The van der Waals surface area contributed by atoms with Crippen LogP contribution in [0.15, 0.2) is 29.3 Å². The molecule has 0 saturated carbocycles. The van der Waals surface area contributed by atoms with Gasteiger partial charge in [-0.05, 0) is 43.9 Å². The van der Waals surface area contributed by atoms with Gasteiger partial charge in [0.05, 0.1) is 12.6 Å². The van der Waals surface area contributed by atoms with E-state index in [4.69, 9.17) is 4.74 Å². The second-order valence-corrected chi connectivity index (χ2v) is 6.62. The van der Waals surface area contributed by atoms with E-state index in [1.165, 1.54) is 43.6 Å². The molecule has 1 heterocycles. The summed E-state index contributed by atoms with van der Waals surface area (Å²) in [4.78, 5) is 6.79. The van der Waals surface area contributed by atoms with Gasteiger partial charge in [0.15, 0.2) is 5.96 Å². The number of aliphatic imine (C=N–C) groups is 1. The summed E-state index contributed by atoms with van der Waals surface area (Å²) in [5, 5.41) is 6.79. The number of rotatable bonds is 9. The Kier molecular flexibility index (Phi) is 11.7. The fraction of sp³-hybridized carbons (Fsp3) is 0.650. The molecule has 1 atom stereocenters. The van der Waals surface area contributed by atoms with Crippen LogP contribution in [0.4, 0.5) is 5.69 Å². The van der Waals surface area contributed by atoms with Gasteiger partial charge in [-0.1, -0.05) is 25.5 Å². The lowest BCUT2D eigenvalue weighted by Crippen LogP contribution is -2.40. The van der Waals surface area contributed by atoms with Gasteiger partial charge in [-0.25, -0.2) is 0 Å². The van der Waals surface area contributed by atoms with E-state index in [9.17, 15) is 0 Å². The van der Waals surface area contributed by atoms with Crippen LogP contribution in [0.1, 0.15) is 51.1 Å². The summed E-state index contributed by atoms with van der Waals surface area (Å²) in [7, 11) is 1.81. The molecule has 1 saturated heterocycles. The molecule has 1 aromatic carbocycles. The van der Waals surface area contributed by atoms with Crippen molar-refractivity contribution in [1.82, 2.24) is 10.6 Å². The second kappa shape index (κ2) is 13.2.